The van der Waals surface area contributed by atoms with Crippen molar-refractivity contribution in [1.29, 1.82) is 0 Å². The van der Waals surface area contributed by atoms with Crippen LogP contribution in [0.15, 0.2) is 0 Å². The number of halogens is 1. The molecular formula is C4H10FO4P. The van der Waals surface area contributed by atoms with Crippen molar-refractivity contribution in [3.63, 3.8) is 0 Å². The zero-order valence-electron chi connectivity index (χ0n) is 5.53. The van der Waals surface area contributed by atoms with Gasteiger partial charge in [-0.1, -0.05) is 0 Å². The van der Waals surface area contributed by atoms with Crippen LogP contribution >= 0.6 is 7.60 Å². The molecule has 0 spiro atoms. The van der Waals surface area contributed by atoms with Gasteiger partial charge in [-0.3, -0.25) is 4.57 Å². The monoisotopic (exact) mass is 172 g/mol. The lowest BCUT2D eigenvalue weighted by Crippen LogP contribution is -2.11. The number of ether oxygens (including phenoxy) is 1. The van der Waals surface area contributed by atoms with Crippen molar-refractivity contribution in [1.82, 2.24) is 0 Å². The molecule has 62 valence electrons. The van der Waals surface area contributed by atoms with Crippen LogP contribution in [0.4, 0.5) is 4.39 Å². The molecule has 0 aromatic carbocycles. The maximum absolute atomic E-state index is 11.6. The largest absolute Gasteiger partial charge is 0.363 e. The summed E-state index contributed by atoms with van der Waals surface area (Å²) in [6.07, 6.45) is -1.45. The van der Waals surface area contributed by atoms with Crippen molar-refractivity contribution in [2.75, 3.05) is 13.0 Å². The van der Waals surface area contributed by atoms with Gasteiger partial charge in [0, 0.05) is 0 Å². The van der Waals surface area contributed by atoms with E-state index in [9.17, 15) is 8.96 Å². The third-order valence-corrected chi connectivity index (χ3v) is 1.23. The molecular weight excluding hydrogens is 162 g/mol. The van der Waals surface area contributed by atoms with Crippen LogP contribution in [0, 0.1) is 0 Å². The van der Waals surface area contributed by atoms with Gasteiger partial charge in [0.15, 0.2) is 0 Å². The maximum atomic E-state index is 11.6. The fraction of sp³-hybridized carbons (Fsp3) is 1.00. The molecule has 0 unspecified atom stereocenters. The Balaban J connectivity index is 3.46. The SMILES string of the molecule is C[C@@H](CF)OCP(=O)(O)O. The number of rotatable bonds is 4. The summed E-state index contributed by atoms with van der Waals surface area (Å²) in [6.45, 7) is 0.662. The molecule has 10 heavy (non-hydrogen) atoms. The molecule has 0 fully saturated rings. The molecule has 4 nitrogen and oxygen atoms in total. The fourth-order valence-corrected chi connectivity index (χ4v) is 0.718. The van der Waals surface area contributed by atoms with Crippen molar-refractivity contribution in [3.8, 4) is 0 Å². The molecule has 2 N–H and O–H groups in total. The van der Waals surface area contributed by atoms with Gasteiger partial charge in [-0.15, -0.1) is 0 Å². The van der Waals surface area contributed by atoms with Gasteiger partial charge in [0.05, 0.1) is 6.10 Å². The zero-order valence-corrected chi connectivity index (χ0v) is 6.42. The average molecular weight is 172 g/mol. The maximum Gasteiger partial charge on any atom is 0.350 e. The van der Waals surface area contributed by atoms with E-state index in [4.69, 9.17) is 9.79 Å². The highest BCUT2D eigenvalue weighted by Crippen LogP contribution is 2.34. The van der Waals surface area contributed by atoms with Gasteiger partial charge in [-0.2, -0.15) is 0 Å². The number of hydrogen-bond acceptors (Lipinski definition) is 2. The summed E-state index contributed by atoms with van der Waals surface area (Å²) in [4.78, 5) is 16.5. The molecule has 0 aromatic rings. The molecule has 0 heterocycles. The van der Waals surface area contributed by atoms with E-state index in [1.807, 2.05) is 0 Å². The van der Waals surface area contributed by atoms with E-state index in [0.29, 0.717) is 0 Å². The third-order valence-electron chi connectivity index (χ3n) is 0.745. The van der Waals surface area contributed by atoms with Crippen molar-refractivity contribution in [2.24, 2.45) is 0 Å². The second-order valence-corrected chi connectivity index (χ2v) is 3.51. The van der Waals surface area contributed by atoms with E-state index in [-0.39, 0.29) is 0 Å². The highest BCUT2D eigenvalue weighted by atomic mass is 31.2. The van der Waals surface area contributed by atoms with Crippen LogP contribution in [0.25, 0.3) is 0 Å². The zero-order chi connectivity index (χ0) is 8.20. The smallest absolute Gasteiger partial charge is 0.350 e. The van der Waals surface area contributed by atoms with Crippen molar-refractivity contribution < 1.29 is 23.5 Å². The Hall–Kier alpha value is 0.0400. The minimum atomic E-state index is -4.12. The second kappa shape index (κ2) is 4.03. The van der Waals surface area contributed by atoms with Gasteiger partial charge in [-0.25, -0.2) is 4.39 Å². The molecule has 0 saturated carbocycles. The minimum absolute atomic E-state index is 0.710. The number of alkyl halides is 1. The fourth-order valence-electron chi connectivity index (χ4n) is 0.269. The Kier molecular flexibility index (Phi) is 4.05. The van der Waals surface area contributed by atoms with Gasteiger partial charge in [0.1, 0.15) is 13.0 Å². The summed E-state index contributed by atoms with van der Waals surface area (Å²) >= 11 is 0. The highest BCUT2D eigenvalue weighted by molar-refractivity contribution is 7.51. The third kappa shape index (κ3) is 6.16. The van der Waals surface area contributed by atoms with Gasteiger partial charge in [0.25, 0.3) is 0 Å². The molecule has 0 bridgehead atoms. The van der Waals surface area contributed by atoms with Crippen LogP contribution < -0.4 is 0 Å². The molecule has 0 amide bonds. The Labute approximate surface area is 58.2 Å². The molecule has 0 aliphatic heterocycles. The first kappa shape index (κ1) is 10.0. The lowest BCUT2D eigenvalue weighted by molar-refractivity contribution is 0.0690. The Morgan fingerprint density at radius 3 is 2.50 bits per heavy atom. The van der Waals surface area contributed by atoms with Crippen LogP contribution in [0.1, 0.15) is 6.92 Å². The Morgan fingerprint density at radius 1 is 1.70 bits per heavy atom. The molecule has 0 aromatic heterocycles. The molecule has 0 radical (unpaired) electrons. The van der Waals surface area contributed by atoms with Gasteiger partial charge < -0.3 is 14.5 Å². The predicted octanol–water partition coefficient (Wildman–Crippen LogP) is 0.496. The van der Waals surface area contributed by atoms with Gasteiger partial charge in [-0.05, 0) is 6.92 Å². The van der Waals surface area contributed by atoms with Gasteiger partial charge in [0.2, 0.25) is 0 Å². The summed E-state index contributed by atoms with van der Waals surface area (Å²) in [5, 5.41) is 0. The normalized spacial score (nSPS) is 15.2. The first-order valence-electron chi connectivity index (χ1n) is 2.68. The van der Waals surface area contributed by atoms with Crippen LogP contribution in [0.2, 0.25) is 0 Å². The molecule has 6 heteroatoms. The summed E-state index contributed by atoms with van der Waals surface area (Å²) in [6, 6.07) is 0. The summed E-state index contributed by atoms with van der Waals surface area (Å²) < 4.78 is 26.1. The first-order chi connectivity index (χ1) is 4.45. The molecule has 1 atom stereocenters. The molecule has 0 aliphatic rings. The van der Waals surface area contributed by atoms with E-state index in [1.54, 1.807) is 0 Å². The summed E-state index contributed by atoms with van der Waals surface area (Å²) in [7, 11) is -4.12. The van der Waals surface area contributed by atoms with Crippen molar-refractivity contribution >= 4 is 7.60 Å². The van der Waals surface area contributed by atoms with E-state index < -0.39 is 26.7 Å². The van der Waals surface area contributed by atoms with Gasteiger partial charge >= 0.3 is 7.60 Å². The van der Waals surface area contributed by atoms with Crippen molar-refractivity contribution in [3.05, 3.63) is 0 Å². The van der Waals surface area contributed by atoms with E-state index in [0.717, 1.165) is 0 Å². The first-order valence-corrected chi connectivity index (χ1v) is 4.47. The number of hydrogen-bond donors (Lipinski definition) is 2. The van der Waals surface area contributed by atoms with E-state index in [1.165, 1.54) is 6.92 Å². The lowest BCUT2D eigenvalue weighted by Gasteiger charge is -2.08. The summed E-state index contributed by atoms with van der Waals surface area (Å²) in [5.74, 6) is 0. The van der Waals surface area contributed by atoms with Crippen LogP contribution in [-0.2, 0) is 9.30 Å². The minimum Gasteiger partial charge on any atom is -0.363 e. The standard InChI is InChI=1S/C4H10FO4P/c1-4(2-5)9-3-10(6,7)8/h4H,2-3H2,1H3,(H2,6,7,8)/t4-/m0/s1. The Morgan fingerprint density at radius 2 is 2.20 bits per heavy atom. The van der Waals surface area contributed by atoms with Crippen molar-refractivity contribution in [2.45, 2.75) is 13.0 Å². The van der Waals surface area contributed by atoms with Crippen LogP contribution in [0.5, 0.6) is 0 Å². The van der Waals surface area contributed by atoms with Crippen LogP contribution in [-0.4, -0.2) is 28.9 Å². The molecule has 0 saturated heterocycles. The topological polar surface area (TPSA) is 66.8 Å². The summed E-state index contributed by atoms with van der Waals surface area (Å²) in [5.41, 5.74) is 0. The average Bonchev–Trinajstić information content (AvgIpc) is 1.81. The Bertz CT molecular complexity index is 133. The second-order valence-electron chi connectivity index (χ2n) is 1.93. The molecule has 0 rings (SSSR count). The molecule has 0 aliphatic carbocycles. The van der Waals surface area contributed by atoms with E-state index in [2.05, 4.69) is 4.74 Å². The highest BCUT2D eigenvalue weighted by Gasteiger charge is 2.14. The lowest BCUT2D eigenvalue weighted by atomic mass is 10.5. The predicted molar refractivity (Wildman–Crippen MR) is 33.4 cm³/mol. The van der Waals surface area contributed by atoms with Crippen LogP contribution in [0.3, 0.4) is 0 Å². The quantitative estimate of drug-likeness (QED) is 0.606. The van der Waals surface area contributed by atoms with E-state index >= 15 is 0 Å².